The number of aliphatic hydroxyl groups is 1. The van der Waals surface area contributed by atoms with Crippen LogP contribution in [0.4, 0.5) is 4.39 Å². The van der Waals surface area contributed by atoms with Crippen LogP contribution >= 0.6 is 15.9 Å². The van der Waals surface area contributed by atoms with Gasteiger partial charge in [0.1, 0.15) is 5.82 Å². The Labute approximate surface area is 104 Å². The van der Waals surface area contributed by atoms with Crippen LogP contribution in [0.5, 0.6) is 0 Å². The summed E-state index contributed by atoms with van der Waals surface area (Å²) in [6, 6.07) is 5.09. The van der Waals surface area contributed by atoms with Crippen molar-refractivity contribution in [2.75, 3.05) is 13.2 Å². The molecule has 2 N–H and O–H groups in total. The van der Waals surface area contributed by atoms with Gasteiger partial charge < -0.3 is 10.4 Å². The molecule has 2 nitrogen and oxygen atoms in total. The minimum Gasteiger partial charge on any atom is -0.396 e. The van der Waals surface area contributed by atoms with Gasteiger partial charge in [0.25, 0.3) is 0 Å². The Balaban J connectivity index is 2.21. The summed E-state index contributed by atoms with van der Waals surface area (Å²) in [5.41, 5.74) is 0.686. The second-order valence-electron chi connectivity index (χ2n) is 3.70. The highest BCUT2D eigenvalue weighted by molar-refractivity contribution is 9.10. The number of nitrogens with one attached hydrogen (secondary N) is 1. The fraction of sp³-hybridized carbons (Fsp3) is 0.500. The van der Waals surface area contributed by atoms with Crippen molar-refractivity contribution < 1.29 is 9.50 Å². The number of unbranched alkanes of at least 4 members (excludes halogenated alkanes) is 2. The fourth-order valence-electron chi connectivity index (χ4n) is 1.43. The lowest BCUT2D eigenvalue weighted by Gasteiger charge is -2.06. The highest BCUT2D eigenvalue weighted by atomic mass is 79.9. The maximum atomic E-state index is 13.4. The van der Waals surface area contributed by atoms with Crippen molar-refractivity contribution in [2.24, 2.45) is 0 Å². The minimum atomic E-state index is -0.183. The molecular weight excluding hydrogens is 273 g/mol. The van der Waals surface area contributed by atoms with Crippen LogP contribution in [-0.2, 0) is 6.54 Å². The van der Waals surface area contributed by atoms with Crippen LogP contribution in [0.25, 0.3) is 0 Å². The molecule has 0 heterocycles. The van der Waals surface area contributed by atoms with E-state index in [9.17, 15) is 4.39 Å². The van der Waals surface area contributed by atoms with Gasteiger partial charge in [0, 0.05) is 23.2 Å². The average molecular weight is 290 g/mol. The summed E-state index contributed by atoms with van der Waals surface area (Å²) < 4.78 is 14.1. The summed E-state index contributed by atoms with van der Waals surface area (Å²) in [7, 11) is 0. The second kappa shape index (κ2) is 7.76. The summed E-state index contributed by atoms with van der Waals surface area (Å²) >= 11 is 3.22. The topological polar surface area (TPSA) is 32.3 Å². The lowest BCUT2D eigenvalue weighted by Crippen LogP contribution is -2.15. The normalized spacial score (nSPS) is 10.7. The third-order valence-electron chi connectivity index (χ3n) is 2.34. The Morgan fingerprint density at radius 3 is 2.75 bits per heavy atom. The average Bonchev–Trinajstić information content (AvgIpc) is 2.26. The predicted octanol–water partition coefficient (Wildman–Crippen LogP) is 2.84. The van der Waals surface area contributed by atoms with Crippen molar-refractivity contribution in [3.63, 3.8) is 0 Å². The van der Waals surface area contributed by atoms with Crippen molar-refractivity contribution in [2.45, 2.75) is 25.8 Å². The summed E-state index contributed by atoms with van der Waals surface area (Å²) in [5, 5.41) is 11.8. The van der Waals surface area contributed by atoms with Crippen LogP contribution in [0.1, 0.15) is 24.8 Å². The lowest BCUT2D eigenvalue weighted by atomic mass is 10.2. The molecule has 0 unspecified atom stereocenters. The Hall–Kier alpha value is -0.450. The molecule has 0 aliphatic rings. The third-order valence-corrected chi connectivity index (χ3v) is 2.84. The van der Waals surface area contributed by atoms with E-state index in [1.54, 1.807) is 6.07 Å². The molecule has 0 aliphatic heterocycles. The number of hydrogen-bond acceptors (Lipinski definition) is 2. The molecule has 0 aromatic heterocycles. The van der Waals surface area contributed by atoms with Gasteiger partial charge in [-0.2, -0.15) is 0 Å². The van der Waals surface area contributed by atoms with Crippen LogP contribution < -0.4 is 5.32 Å². The van der Waals surface area contributed by atoms with Gasteiger partial charge in [-0.25, -0.2) is 4.39 Å². The van der Waals surface area contributed by atoms with Crippen LogP contribution in [0.15, 0.2) is 22.7 Å². The van der Waals surface area contributed by atoms with Crippen LogP contribution in [-0.4, -0.2) is 18.3 Å². The molecule has 16 heavy (non-hydrogen) atoms. The molecule has 0 bridgehead atoms. The standard InChI is InChI=1S/C12H17BrFNO/c13-11-5-4-10(12(14)8-11)9-15-6-2-1-3-7-16/h4-5,8,15-16H,1-3,6-7,9H2. The first kappa shape index (κ1) is 13.6. The van der Waals surface area contributed by atoms with Gasteiger partial charge in [-0.15, -0.1) is 0 Å². The first-order valence-corrected chi connectivity index (χ1v) is 6.29. The van der Waals surface area contributed by atoms with E-state index in [2.05, 4.69) is 21.2 Å². The molecule has 1 rings (SSSR count). The van der Waals surface area contributed by atoms with Gasteiger partial charge in [0.05, 0.1) is 0 Å². The van der Waals surface area contributed by atoms with E-state index in [1.165, 1.54) is 6.07 Å². The SMILES string of the molecule is OCCCCCNCc1ccc(Br)cc1F. The molecular formula is C12H17BrFNO. The van der Waals surface area contributed by atoms with E-state index in [1.807, 2.05) is 6.07 Å². The van der Waals surface area contributed by atoms with Gasteiger partial charge in [0.2, 0.25) is 0 Å². The van der Waals surface area contributed by atoms with Gasteiger partial charge >= 0.3 is 0 Å². The molecule has 4 heteroatoms. The van der Waals surface area contributed by atoms with E-state index in [0.29, 0.717) is 12.1 Å². The first-order valence-electron chi connectivity index (χ1n) is 5.49. The number of aliphatic hydroxyl groups excluding tert-OH is 1. The zero-order valence-electron chi connectivity index (χ0n) is 9.18. The maximum absolute atomic E-state index is 13.4. The van der Waals surface area contributed by atoms with E-state index >= 15 is 0 Å². The summed E-state index contributed by atoms with van der Waals surface area (Å²) in [4.78, 5) is 0. The smallest absolute Gasteiger partial charge is 0.128 e. The minimum absolute atomic E-state index is 0.183. The van der Waals surface area contributed by atoms with Gasteiger partial charge in [-0.1, -0.05) is 22.0 Å². The molecule has 0 atom stereocenters. The molecule has 0 amide bonds. The molecule has 90 valence electrons. The molecule has 0 saturated heterocycles. The van der Waals surface area contributed by atoms with E-state index in [-0.39, 0.29) is 12.4 Å². The van der Waals surface area contributed by atoms with E-state index in [0.717, 1.165) is 30.3 Å². The molecule has 0 aliphatic carbocycles. The van der Waals surface area contributed by atoms with E-state index in [4.69, 9.17) is 5.11 Å². The monoisotopic (exact) mass is 289 g/mol. The molecule has 0 fully saturated rings. The number of benzene rings is 1. The summed E-state index contributed by atoms with van der Waals surface area (Å²) in [6.45, 7) is 1.66. The zero-order valence-corrected chi connectivity index (χ0v) is 10.8. The Kier molecular flexibility index (Phi) is 6.61. The molecule has 1 aromatic rings. The van der Waals surface area contributed by atoms with Crippen LogP contribution in [0, 0.1) is 5.82 Å². The number of halogens is 2. The van der Waals surface area contributed by atoms with Gasteiger partial charge in [-0.05, 0) is 37.9 Å². The Bertz CT molecular complexity index is 320. The summed E-state index contributed by atoms with van der Waals surface area (Å²) in [6.07, 6.45) is 2.86. The lowest BCUT2D eigenvalue weighted by molar-refractivity contribution is 0.283. The van der Waals surface area contributed by atoms with Crippen molar-refractivity contribution in [3.8, 4) is 0 Å². The summed E-state index contributed by atoms with van der Waals surface area (Å²) in [5.74, 6) is -0.183. The fourth-order valence-corrected chi connectivity index (χ4v) is 1.76. The van der Waals surface area contributed by atoms with E-state index < -0.39 is 0 Å². The molecule has 0 saturated carbocycles. The highest BCUT2D eigenvalue weighted by Crippen LogP contribution is 2.14. The van der Waals surface area contributed by atoms with Gasteiger partial charge in [-0.3, -0.25) is 0 Å². The number of hydrogen-bond donors (Lipinski definition) is 2. The quantitative estimate of drug-likeness (QED) is 0.757. The zero-order chi connectivity index (χ0) is 11.8. The Morgan fingerprint density at radius 2 is 2.06 bits per heavy atom. The maximum Gasteiger partial charge on any atom is 0.128 e. The van der Waals surface area contributed by atoms with Crippen molar-refractivity contribution in [1.82, 2.24) is 5.32 Å². The largest absolute Gasteiger partial charge is 0.396 e. The second-order valence-corrected chi connectivity index (χ2v) is 4.61. The van der Waals surface area contributed by atoms with Crippen molar-refractivity contribution >= 4 is 15.9 Å². The third kappa shape index (κ3) is 5.05. The predicted molar refractivity (Wildman–Crippen MR) is 66.7 cm³/mol. The van der Waals surface area contributed by atoms with Crippen molar-refractivity contribution in [1.29, 1.82) is 0 Å². The van der Waals surface area contributed by atoms with Gasteiger partial charge in [0.15, 0.2) is 0 Å². The number of rotatable bonds is 7. The van der Waals surface area contributed by atoms with Crippen LogP contribution in [0.2, 0.25) is 0 Å². The Morgan fingerprint density at radius 1 is 1.25 bits per heavy atom. The molecule has 0 radical (unpaired) electrons. The highest BCUT2D eigenvalue weighted by Gasteiger charge is 2.01. The first-order chi connectivity index (χ1) is 7.74. The van der Waals surface area contributed by atoms with Crippen molar-refractivity contribution in [3.05, 3.63) is 34.1 Å². The molecule has 1 aromatic carbocycles. The molecule has 0 spiro atoms. The van der Waals surface area contributed by atoms with Crippen LogP contribution in [0.3, 0.4) is 0 Å².